The first kappa shape index (κ1) is 11.1. The number of pyridine rings is 1. The lowest BCUT2D eigenvalue weighted by molar-refractivity contribution is 0.290. The van der Waals surface area contributed by atoms with Gasteiger partial charge in [-0.05, 0) is 24.5 Å². The van der Waals surface area contributed by atoms with E-state index in [2.05, 4.69) is 25.8 Å². The van der Waals surface area contributed by atoms with Gasteiger partial charge in [-0.3, -0.25) is 0 Å². The van der Waals surface area contributed by atoms with E-state index in [0.717, 1.165) is 22.6 Å². The summed E-state index contributed by atoms with van der Waals surface area (Å²) in [7, 11) is 0. The van der Waals surface area contributed by atoms with Crippen LogP contribution in [-0.2, 0) is 0 Å². The second-order valence-corrected chi connectivity index (χ2v) is 5.33. The largest absolute Gasteiger partial charge is 0.458 e. The predicted molar refractivity (Wildman–Crippen MR) is 65.1 cm³/mol. The van der Waals surface area contributed by atoms with E-state index < -0.39 is 0 Å². The van der Waals surface area contributed by atoms with Gasteiger partial charge in [0.05, 0.1) is 6.04 Å². The second-order valence-electron chi connectivity index (χ2n) is 5.33. The monoisotopic (exact) mass is 218 g/mol. The average molecular weight is 218 g/mol. The number of hydrogen-bond donors (Lipinski definition) is 1. The summed E-state index contributed by atoms with van der Waals surface area (Å²) in [6.07, 6.45) is 0. The van der Waals surface area contributed by atoms with Crippen molar-refractivity contribution in [1.82, 2.24) is 4.98 Å². The molecule has 0 bridgehead atoms. The van der Waals surface area contributed by atoms with Crippen molar-refractivity contribution in [3.05, 3.63) is 29.7 Å². The van der Waals surface area contributed by atoms with Gasteiger partial charge in [0.25, 0.3) is 0 Å². The molecule has 0 spiro atoms. The zero-order valence-electron chi connectivity index (χ0n) is 10.2. The fourth-order valence-electron chi connectivity index (χ4n) is 1.62. The number of aryl methyl sites for hydroxylation is 1. The van der Waals surface area contributed by atoms with Gasteiger partial charge in [0.15, 0.2) is 5.58 Å². The van der Waals surface area contributed by atoms with Crippen molar-refractivity contribution in [2.45, 2.75) is 33.7 Å². The molecule has 0 amide bonds. The average Bonchev–Trinajstić information content (AvgIpc) is 2.57. The van der Waals surface area contributed by atoms with E-state index in [1.54, 1.807) is 0 Å². The SMILES string of the molecule is Cc1ccc2oc(C(N)C(C)(C)C)cc2n1. The van der Waals surface area contributed by atoms with E-state index in [1.165, 1.54) is 0 Å². The van der Waals surface area contributed by atoms with Gasteiger partial charge in [0, 0.05) is 11.8 Å². The molecule has 1 atom stereocenters. The number of nitrogens with zero attached hydrogens (tertiary/aromatic N) is 1. The molecule has 0 saturated heterocycles. The third-order valence-corrected chi connectivity index (χ3v) is 2.77. The molecule has 3 heteroatoms. The summed E-state index contributed by atoms with van der Waals surface area (Å²) in [5.41, 5.74) is 8.82. The van der Waals surface area contributed by atoms with Gasteiger partial charge < -0.3 is 10.2 Å². The maximum absolute atomic E-state index is 6.15. The van der Waals surface area contributed by atoms with E-state index in [4.69, 9.17) is 10.2 Å². The van der Waals surface area contributed by atoms with Crippen LogP contribution in [-0.4, -0.2) is 4.98 Å². The number of fused-ring (bicyclic) bond motifs is 1. The Bertz CT molecular complexity index is 508. The van der Waals surface area contributed by atoms with Gasteiger partial charge in [-0.1, -0.05) is 20.8 Å². The molecule has 2 aromatic rings. The molecule has 0 saturated carbocycles. The minimum Gasteiger partial charge on any atom is -0.458 e. The van der Waals surface area contributed by atoms with Gasteiger partial charge in [-0.25, -0.2) is 4.98 Å². The Morgan fingerprint density at radius 1 is 1.31 bits per heavy atom. The third kappa shape index (κ3) is 1.95. The lowest BCUT2D eigenvalue weighted by atomic mass is 9.86. The highest BCUT2D eigenvalue weighted by atomic mass is 16.3. The first-order valence-corrected chi connectivity index (χ1v) is 5.50. The van der Waals surface area contributed by atoms with Crippen LogP contribution in [0.3, 0.4) is 0 Å². The fourth-order valence-corrected chi connectivity index (χ4v) is 1.62. The molecule has 16 heavy (non-hydrogen) atoms. The van der Waals surface area contributed by atoms with E-state index >= 15 is 0 Å². The van der Waals surface area contributed by atoms with Crippen molar-refractivity contribution in [3.63, 3.8) is 0 Å². The molecule has 3 nitrogen and oxygen atoms in total. The number of nitrogens with two attached hydrogens (primary N) is 1. The van der Waals surface area contributed by atoms with E-state index in [1.807, 2.05) is 25.1 Å². The molecule has 86 valence electrons. The van der Waals surface area contributed by atoms with Crippen LogP contribution in [0.5, 0.6) is 0 Å². The molecule has 1 unspecified atom stereocenters. The minimum absolute atomic E-state index is 0.0110. The van der Waals surface area contributed by atoms with Crippen molar-refractivity contribution in [3.8, 4) is 0 Å². The second kappa shape index (κ2) is 3.59. The third-order valence-electron chi connectivity index (χ3n) is 2.77. The van der Waals surface area contributed by atoms with Crippen LogP contribution in [0, 0.1) is 12.3 Å². The first-order chi connectivity index (χ1) is 7.38. The van der Waals surface area contributed by atoms with Gasteiger partial charge in [-0.2, -0.15) is 0 Å². The van der Waals surface area contributed by atoms with Crippen molar-refractivity contribution in [1.29, 1.82) is 0 Å². The number of aromatic nitrogens is 1. The summed E-state index contributed by atoms with van der Waals surface area (Å²) in [4.78, 5) is 4.41. The Morgan fingerprint density at radius 3 is 2.62 bits per heavy atom. The van der Waals surface area contributed by atoms with E-state index in [-0.39, 0.29) is 11.5 Å². The zero-order valence-corrected chi connectivity index (χ0v) is 10.2. The Balaban J connectivity index is 2.47. The molecule has 0 aliphatic carbocycles. The Kier molecular flexibility index (Phi) is 2.50. The lowest BCUT2D eigenvalue weighted by Gasteiger charge is -2.24. The summed E-state index contributed by atoms with van der Waals surface area (Å²) in [6.45, 7) is 8.27. The van der Waals surface area contributed by atoms with Gasteiger partial charge in [0.2, 0.25) is 0 Å². The van der Waals surface area contributed by atoms with Gasteiger partial charge >= 0.3 is 0 Å². The molecule has 2 aromatic heterocycles. The highest BCUT2D eigenvalue weighted by Gasteiger charge is 2.25. The maximum atomic E-state index is 6.15. The highest BCUT2D eigenvalue weighted by molar-refractivity contribution is 5.73. The first-order valence-electron chi connectivity index (χ1n) is 5.50. The summed E-state index contributed by atoms with van der Waals surface area (Å²) in [5.74, 6) is 0.806. The molecule has 0 radical (unpaired) electrons. The standard InChI is InChI=1S/C13H18N2O/c1-8-5-6-10-9(15-8)7-11(16-10)12(14)13(2,3)4/h5-7,12H,14H2,1-4H3. The number of rotatable bonds is 1. The molecule has 0 aromatic carbocycles. The fraction of sp³-hybridized carbons (Fsp3) is 0.462. The van der Waals surface area contributed by atoms with Crippen molar-refractivity contribution in [2.24, 2.45) is 11.1 Å². The molecule has 2 rings (SSSR count). The van der Waals surface area contributed by atoms with E-state index in [9.17, 15) is 0 Å². The van der Waals surface area contributed by atoms with Crippen LogP contribution >= 0.6 is 0 Å². The Hall–Kier alpha value is -1.35. The van der Waals surface area contributed by atoms with Crippen LogP contribution in [0.25, 0.3) is 11.1 Å². The molecule has 0 fully saturated rings. The van der Waals surface area contributed by atoms with Crippen LogP contribution in [0.15, 0.2) is 22.6 Å². The predicted octanol–water partition coefficient (Wildman–Crippen LogP) is 3.18. The smallest absolute Gasteiger partial charge is 0.152 e. The Labute approximate surface area is 95.7 Å². The number of hydrogen-bond acceptors (Lipinski definition) is 3. The van der Waals surface area contributed by atoms with Crippen LogP contribution in [0.2, 0.25) is 0 Å². The summed E-state index contributed by atoms with van der Waals surface area (Å²) >= 11 is 0. The van der Waals surface area contributed by atoms with Gasteiger partial charge in [-0.15, -0.1) is 0 Å². The van der Waals surface area contributed by atoms with E-state index in [0.29, 0.717) is 0 Å². The van der Waals surface area contributed by atoms with Crippen molar-refractivity contribution in [2.75, 3.05) is 0 Å². The molecule has 0 aliphatic rings. The molecular formula is C13H18N2O. The summed E-state index contributed by atoms with van der Waals surface area (Å²) in [6, 6.07) is 5.72. The normalized spacial score (nSPS) is 14.3. The van der Waals surface area contributed by atoms with Crippen LogP contribution < -0.4 is 5.73 Å². The minimum atomic E-state index is -0.109. The van der Waals surface area contributed by atoms with Crippen LogP contribution in [0.1, 0.15) is 38.3 Å². The molecule has 0 aliphatic heterocycles. The van der Waals surface area contributed by atoms with Crippen LogP contribution in [0.4, 0.5) is 0 Å². The summed E-state index contributed by atoms with van der Waals surface area (Å²) < 4.78 is 5.72. The molecule has 2 heterocycles. The molecule has 2 N–H and O–H groups in total. The quantitative estimate of drug-likeness (QED) is 0.799. The molecular weight excluding hydrogens is 200 g/mol. The Morgan fingerprint density at radius 2 is 2.00 bits per heavy atom. The number of furan rings is 1. The van der Waals surface area contributed by atoms with Crippen molar-refractivity contribution < 1.29 is 4.42 Å². The zero-order chi connectivity index (χ0) is 11.9. The summed E-state index contributed by atoms with van der Waals surface area (Å²) in [5, 5.41) is 0. The van der Waals surface area contributed by atoms with Crippen molar-refractivity contribution >= 4 is 11.1 Å². The maximum Gasteiger partial charge on any atom is 0.152 e. The topological polar surface area (TPSA) is 52.0 Å². The van der Waals surface area contributed by atoms with Gasteiger partial charge in [0.1, 0.15) is 11.3 Å². The highest BCUT2D eigenvalue weighted by Crippen LogP contribution is 2.33. The lowest BCUT2D eigenvalue weighted by Crippen LogP contribution is -2.25.